The maximum absolute atomic E-state index is 13.1. The summed E-state index contributed by atoms with van der Waals surface area (Å²) in [5.41, 5.74) is 0. The number of hydrogen-bond donors (Lipinski definition) is 6. The van der Waals surface area contributed by atoms with Crippen molar-refractivity contribution in [3.8, 4) is 0 Å². The van der Waals surface area contributed by atoms with E-state index >= 15 is 0 Å². The summed E-state index contributed by atoms with van der Waals surface area (Å²) in [6, 6.07) is -0.715. The van der Waals surface area contributed by atoms with Crippen LogP contribution in [0.15, 0.2) is 12.2 Å². The summed E-state index contributed by atoms with van der Waals surface area (Å²) in [6.07, 6.45) is 51.1. The van der Waals surface area contributed by atoms with Crippen LogP contribution >= 0.6 is 0 Å². The van der Waals surface area contributed by atoms with Crippen LogP contribution in [0, 0.1) is 0 Å². The largest absolute Gasteiger partial charge is 0.394 e. The van der Waals surface area contributed by atoms with Crippen molar-refractivity contribution in [2.75, 3.05) is 13.2 Å². The number of unbranched alkanes of at least 4 members (excludes halogenated alkanes) is 38. The predicted molar refractivity (Wildman–Crippen MR) is 277 cm³/mol. The second kappa shape index (κ2) is 47.6. The van der Waals surface area contributed by atoms with Gasteiger partial charge in [-0.25, -0.2) is 0 Å². The highest BCUT2D eigenvalue weighted by Crippen LogP contribution is 2.23. The lowest BCUT2D eigenvalue weighted by Crippen LogP contribution is -2.60. The Hall–Kier alpha value is -1.07. The molecule has 0 aromatic heterocycles. The van der Waals surface area contributed by atoms with E-state index in [9.17, 15) is 30.3 Å². The predicted octanol–water partition coefficient (Wildman–Crippen LogP) is 14.0. The minimum atomic E-state index is -1.55. The summed E-state index contributed by atoms with van der Waals surface area (Å²) in [5, 5.41) is 54.6. The van der Waals surface area contributed by atoms with Gasteiger partial charge in [-0.1, -0.05) is 257 Å². The van der Waals surface area contributed by atoms with Crippen LogP contribution in [0.3, 0.4) is 0 Å². The van der Waals surface area contributed by atoms with Gasteiger partial charge in [0.25, 0.3) is 0 Å². The van der Waals surface area contributed by atoms with Crippen LogP contribution in [0.1, 0.15) is 290 Å². The number of allylic oxidation sites excluding steroid dienone is 2. The van der Waals surface area contributed by atoms with Gasteiger partial charge in [-0.05, 0) is 38.5 Å². The molecule has 6 N–H and O–H groups in total. The third-order valence-electron chi connectivity index (χ3n) is 14.1. The lowest BCUT2D eigenvalue weighted by atomic mass is 9.99. The molecule has 1 fully saturated rings. The SMILES string of the molecule is CCCCCCCCCCCCCC/C=C\CCCCCCCCCCCCCCCC(=O)NC(COC1OC(CO)C(O)C(O)C1O)C(O)CCCCCCCCCCCCCCCC. The Bertz CT molecular complexity index is 1040. The highest BCUT2D eigenvalue weighted by molar-refractivity contribution is 5.76. The van der Waals surface area contributed by atoms with Crippen molar-refractivity contribution in [1.82, 2.24) is 5.32 Å². The van der Waals surface area contributed by atoms with Gasteiger partial charge in [0.05, 0.1) is 25.4 Å². The summed E-state index contributed by atoms with van der Waals surface area (Å²) < 4.78 is 11.3. The Balaban J connectivity index is 2.14. The van der Waals surface area contributed by atoms with Gasteiger partial charge < -0.3 is 40.3 Å². The van der Waals surface area contributed by atoms with E-state index in [0.29, 0.717) is 12.8 Å². The maximum Gasteiger partial charge on any atom is 0.220 e. The highest BCUT2D eigenvalue weighted by atomic mass is 16.7. The molecule has 1 aliphatic heterocycles. The van der Waals surface area contributed by atoms with E-state index in [1.165, 1.54) is 225 Å². The zero-order valence-electron chi connectivity index (χ0n) is 43.5. The normalized spacial score (nSPS) is 19.8. The van der Waals surface area contributed by atoms with Crippen LogP contribution in [0.2, 0.25) is 0 Å². The molecule has 1 aliphatic rings. The minimum Gasteiger partial charge on any atom is -0.394 e. The van der Waals surface area contributed by atoms with Gasteiger partial charge >= 0.3 is 0 Å². The second-order valence-corrected chi connectivity index (χ2v) is 20.4. The third kappa shape index (κ3) is 36.9. The molecule has 1 saturated heterocycles. The van der Waals surface area contributed by atoms with Gasteiger partial charge in [-0.2, -0.15) is 0 Å². The lowest BCUT2D eigenvalue weighted by molar-refractivity contribution is -0.302. The van der Waals surface area contributed by atoms with Gasteiger partial charge in [0.2, 0.25) is 5.91 Å². The Morgan fingerprint density at radius 3 is 1.23 bits per heavy atom. The van der Waals surface area contributed by atoms with Crippen molar-refractivity contribution in [3.05, 3.63) is 12.2 Å². The molecule has 7 unspecified atom stereocenters. The molecule has 66 heavy (non-hydrogen) atoms. The fourth-order valence-corrected chi connectivity index (χ4v) is 9.51. The number of rotatable bonds is 50. The maximum atomic E-state index is 13.1. The zero-order valence-corrected chi connectivity index (χ0v) is 43.5. The number of aliphatic hydroxyl groups excluding tert-OH is 5. The average molecular weight is 939 g/mol. The molecule has 0 aromatic rings. The first-order valence-corrected chi connectivity index (χ1v) is 28.9. The highest BCUT2D eigenvalue weighted by Gasteiger charge is 2.44. The monoisotopic (exact) mass is 938 g/mol. The summed E-state index contributed by atoms with van der Waals surface area (Å²) in [4.78, 5) is 13.1. The van der Waals surface area contributed by atoms with Gasteiger partial charge in [-0.3, -0.25) is 4.79 Å². The number of nitrogens with one attached hydrogen (secondary N) is 1. The Kier molecular flexibility index (Phi) is 45.4. The number of carbonyl (C=O) groups is 1. The quantitative estimate of drug-likeness (QED) is 0.0261. The van der Waals surface area contributed by atoms with E-state index in [1.807, 2.05) is 0 Å². The van der Waals surface area contributed by atoms with E-state index in [1.54, 1.807) is 0 Å². The third-order valence-corrected chi connectivity index (χ3v) is 14.1. The van der Waals surface area contributed by atoms with E-state index in [2.05, 4.69) is 31.3 Å². The lowest BCUT2D eigenvalue weighted by Gasteiger charge is -2.40. The van der Waals surface area contributed by atoms with Crippen molar-refractivity contribution >= 4 is 5.91 Å². The number of amides is 1. The molecule has 0 saturated carbocycles. The first-order valence-electron chi connectivity index (χ1n) is 28.9. The molecular weight excluding hydrogens is 827 g/mol. The fourth-order valence-electron chi connectivity index (χ4n) is 9.51. The Labute approximate surface area is 407 Å². The molecule has 1 amide bonds. The van der Waals surface area contributed by atoms with E-state index < -0.39 is 49.5 Å². The average Bonchev–Trinajstić information content (AvgIpc) is 3.32. The molecule has 9 heteroatoms. The van der Waals surface area contributed by atoms with Crippen LogP contribution in [-0.2, 0) is 14.3 Å². The van der Waals surface area contributed by atoms with Crippen LogP contribution < -0.4 is 5.32 Å². The first-order chi connectivity index (χ1) is 32.3. The van der Waals surface area contributed by atoms with E-state index in [0.717, 1.165) is 38.5 Å². The number of ether oxygens (including phenoxy) is 2. The van der Waals surface area contributed by atoms with Crippen LogP contribution in [0.25, 0.3) is 0 Å². The second-order valence-electron chi connectivity index (χ2n) is 20.4. The Morgan fingerprint density at radius 2 is 0.848 bits per heavy atom. The van der Waals surface area contributed by atoms with E-state index in [4.69, 9.17) is 9.47 Å². The van der Waals surface area contributed by atoms with Crippen molar-refractivity contribution in [1.29, 1.82) is 0 Å². The van der Waals surface area contributed by atoms with Crippen molar-refractivity contribution in [3.63, 3.8) is 0 Å². The molecule has 0 radical (unpaired) electrons. The smallest absolute Gasteiger partial charge is 0.220 e. The fraction of sp³-hybridized carbons (Fsp3) is 0.947. The summed E-state index contributed by atoms with van der Waals surface area (Å²) in [6.45, 7) is 3.87. The molecule has 392 valence electrons. The van der Waals surface area contributed by atoms with Crippen molar-refractivity contribution in [2.24, 2.45) is 0 Å². The van der Waals surface area contributed by atoms with Crippen molar-refractivity contribution in [2.45, 2.75) is 333 Å². The standard InChI is InChI=1S/C57H111NO8/c1-3-5-7-9-11-13-15-17-19-20-21-22-23-24-25-26-27-28-29-30-31-32-33-35-37-39-41-43-45-47-53(61)58-50(49-65-57-56(64)55(63)54(62)52(48-59)66-57)51(60)46-44-42-40-38-36-34-18-16-14-12-10-8-6-4-2/h24-25,50-52,54-57,59-60,62-64H,3-23,26-49H2,1-2H3,(H,58,61)/b25-24-. The van der Waals surface area contributed by atoms with Gasteiger partial charge in [-0.15, -0.1) is 0 Å². The van der Waals surface area contributed by atoms with Crippen molar-refractivity contribution < 1.29 is 39.8 Å². The van der Waals surface area contributed by atoms with Gasteiger partial charge in [0, 0.05) is 6.42 Å². The number of hydrogen-bond acceptors (Lipinski definition) is 8. The first kappa shape index (κ1) is 62.9. The van der Waals surface area contributed by atoms with Crippen LogP contribution in [-0.4, -0.2) is 87.5 Å². The van der Waals surface area contributed by atoms with Crippen LogP contribution in [0.5, 0.6) is 0 Å². The van der Waals surface area contributed by atoms with Gasteiger partial charge in [0.15, 0.2) is 6.29 Å². The Morgan fingerprint density at radius 1 is 0.500 bits per heavy atom. The van der Waals surface area contributed by atoms with E-state index in [-0.39, 0.29) is 12.5 Å². The number of carbonyl (C=O) groups excluding carboxylic acids is 1. The molecule has 1 rings (SSSR count). The number of aliphatic hydroxyl groups is 5. The molecule has 0 aliphatic carbocycles. The van der Waals surface area contributed by atoms with Crippen LogP contribution in [0.4, 0.5) is 0 Å². The molecular formula is C57H111NO8. The summed E-state index contributed by atoms with van der Waals surface area (Å²) in [5.74, 6) is -0.140. The summed E-state index contributed by atoms with van der Waals surface area (Å²) in [7, 11) is 0. The molecule has 9 nitrogen and oxygen atoms in total. The van der Waals surface area contributed by atoms with Gasteiger partial charge in [0.1, 0.15) is 24.4 Å². The molecule has 0 aromatic carbocycles. The summed E-state index contributed by atoms with van der Waals surface area (Å²) >= 11 is 0. The zero-order chi connectivity index (χ0) is 48.0. The molecule has 0 spiro atoms. The molecule has 7 atom stereocenters. The molecule has 1 heterocycles. The topological polar surface area (TPSA) is 149 Å². The molecule has 0 bridgehead atoms. The minimum absolute atomic E-state index is 0.134.